The zero-order chi connectivity index (χ0) is 22.7. The van der Waals surface area contributed by atoms with E-state index >= 15 is 0 Å². The number of nitrogens with zero attached hydrogens (tertiary/aromatic N) is 1. The average Bonchev–Trinajstić information content (AvgIpc) is 3.27. The topological polar surface area (TPSA) is 135 Å². The van der Waals surface area contributed by atoms with Crippen LogP contribution in [0.5, 0.6) is 5.75 Å². The molecule has 0 aliphatic carbocycles. The number of furan rings is 1. The van der Waals surface area contributed by atoms with Crippen LogP contribution in [0.3, 0.4) is 0 Å². The van der Waals surface area contributed by atoms with Crippen molar-refractivity contribution in [1.29, 1.82) is 0 Å². The molecule has 1 aliphatic heterocycles. The Kier molecular flexibility index (Phi) is 7.19. The minimum atomic E-state index is -1.09. The van der Waals surface area contributed by atoms with Crippen LogP contribution in [-0.2, 0) is 20.9 Å². The number of esters is 1. The number of imide groups is 1. The van der Waals surface area contributed by atoms with Gasteiger partial charge in [-0.05, 0) is 81.1 Å². The normalized spacial score (nSPS) is 14.7. The largest absolute Gasteiger partial charge is 0.480 e. The highest BCUT2D eigenvalue weighted by Gasteiger charge is 2.34. The monoisotopic (exact) mass is 652 g/mol. The van der Waals surface area contributed by atoms with Crippen molar-refractivity contribution in [2.75, 3.05) is 13.7 Å². The van der Waals surface area contributed by atoms with Crippen LogP contribution < -0.4 is 10.1 Å². The standard InChI is InChI=1S/C19H14I2N2O8/c1-29-18(27)14-3-2-10(31-14)7-23-17(26)13(22-19(23)28)6-9-4-11(20)16(12(21)5-9)30-8-15(24)25/h2-6H,7-8H2,1H3,(H,22,28)(H,24,25)/b13-6-. The predicted octanol–water partition coefficient (Wildman–Crippen LogP) is 2.83. The summed E-state index contributed by atoms with van der Waals surface area (Å²) in [5.41, 5.74) is 0.684. The van der Waals surface area contributed by atoms with Crippen LogP contribution in [0.2, 0.25) is 0 Å². The molecule has 2 N–H and O–H groups in total. The lowest BCUT2D eigenvalue weighted by Gasteiger charge is -2.10. The first-order valence-electron chi connectivity index (χ1n) is 8.54. The van der Waals surface area contributed by atoms with Crippen LogP contribution in [0.15, 0.2) is 34.4 Å². The second-order valence-corrected chi connectivity index (χ2v) is 8.46. The van der Waals surface area contributed by atoms with Gasteiger partial charge in [-0.15, -0.1) is 0 Å². The van der Waals surface area contributed by atoms with Crippen molar-refractivity contribution in [2.24, 2.45) is 0 Å². The summed E-state index contributed by atoms with van der Waals surface area (Å²) in [6, 6.07) is 5.65. The second-order valence-electron chi connectivity index (χ2n) is 6.13. The molecular formula is C19H14I2N2O8. The van der Waals surface area contributed by atoms with Gasteiger partial charge in [0.1, 0.15) is 17.2 Å². The molecule has 1 fully saturated rings. The molecule has 0 saturated carbocycles. The van der Waals surface area contributed by atoms with E-state index < -0.39 is 30.5 Å². The Morgan fingerprint density at radius 3 is 2.52 bits per heavy atom. The number of carboxylic acid groups (broad SMARTS) is 1. The number of nitrogens with one attached hydrogen (secondary N) is 1. The van der Waals surface area contributed by atoms with Gasteiger partial charge in [0, 0.05) is 0 Å². The minimum Gasteiger partial charge on any atom is -0.480 e. The van der Waals surface area contributed by atoms with Gasteiger partial charge in [0.05, 0.1) is 20.8 Å². The summed E-state index contributed by atoms with van der Waals surface area (Å²) in [5, 5.41) is 11.3. The van der Waals surface area contributed by atoms with Gasteiger partial charge in [0.25, 0.3) is 5.91 Å². The summed E-state index contributed by atoms with van der Waals surface area (Å²) >= 11 is 4.00. The molecule has 0 spiro atoms. The Labute approximate surface area is 202 Å². The van der Waals surface area contributed by atoms with E-state index in [1.165, 1.54) is 25.3 Å². The van der Waals surface area contributed by atoms with Crippen molar-refractivity contribution >= 4 is 75.1 Å². The molecule has 0 radical (unpaired) electrons. The Morgan fingerprint density at radius 2 is 1.90 bits per heavy atom. The van der Waals surface area contributed by atoms with E-state index in [-0.39, 0.29) is 23.8 Å². The summed E-state index contributed by atoms with van der Waals surface area (Å²) in [7, 11) is 1.21. The first kappa shape index (κ1) is 23.1. The summed E-state index contributed by atoms with van der Waals surface area (Å²) in [6.45, 7) is -0.629. The predicted molar refractivity (Wildman–Crippen MR) is 122 cm³/mol. The number of hydrogen-bond acceptors (Lipinski definition) is 7. The number of carbonyl (C=O) groups is 4. The highest BCUT2D eigenvalue weighted by Crippen LogP contribution is 2.30. The quantitative estimate of drug-likeness (QED) is 0.202. The molecule has 2 aromatic rings. The van der Waals surface area contributed by atoms with Crippen molar-refractivity contribution < 1.29 is 38.2 Å². The molecule has 12 heteroatoms. The first-order chi connectivity index (χ1) is 14.7. The number of aliphatic carboxylic acids is 1. The lowest BCUT2D eigenvalue weighted by atomic mass is 10.2. The van der Waals surface area contributed by atoms with Gasteiger partial charge in [0.15, 0.2) is 6.61 Å². The van der Waals surface area contributed by atoms with Crippen LogP contribution >= 0.6 is 45.2 Å². The number of carbonyl (C=O) groups excluding carboxylic acids is 3. The summed E-state index contributed by atoms with van der Waals surface area (Å²) in [4.78, 5) is 48.1. The number of halogens is 2. The molecule has 10 nitrogen and oxygen atoms in total. The van der Waals surface area contributed by atoms with E-state index in [0.29, 0.717) is 18.5 Å². The molecular weight excluding hydrogens is 638 g/mol. The number of urea groups is 1. The van der Waals surface area contributed by atoms with Gasteiger partial charge in [-0.25, -0.2) is 14.4 Å². The summed E-state index contributed by atoms with van der Waals surface area (Å²) in [6.07, 6.45) is 1.51. The van der Waals surface area contributed by atoms with Crippen LogP contribution in [0, 0.1) is 7.14 Å². The van der Waals surface area contributed by atoms with Crippen LogP contribution in [-0.4, -0.2) is 47.6 Å². The Hall–Kier alpha value is -2.62. The zero-order valence-corrected chi connectivity index (χ0v) is 20.1. The number of carboxylic acids is 1. The maximum absolute atomic E-state index is 12.7. The fourth-order valence-electron chi connectivity index (χ4n) is 2.65. The lowest BCUT2D eigenvalue weighted by molar-refractivity contribution is -0.139. The van der Waals surface area contributed by atoms with Crippen molar-refractivity contribution in [3.63, 3.8) is 0 Å². The highest BCUT2D eigenvalue weighted by atomic mass is 127. The number of ether oxygens (including phenoxy) is 2. The number of amides is 3. The number of rotatable bonds is 7. The maximum atomic E-state index is 12.7. The number of methoxy groups -OCH3 is 1. The zero-order valence-electron chi connectivity index (χ0n) is 15.8. The third-order valence-electron chi connectivity index (χ3n) is 4.00. The Balaban J connectivity index is 1.77. The van der Waals surface area contributed by atoms with Gasteiger partial charge in [-0.2, -0.15) is 0 Å². The molecule has 0 unspecified atom stereocenters. The van der Waals surface area contributed by atoms with Crippen molar-refractivity contribution in [2.45, 2.75) is 6.54 Å². The number of benzene rings is 1. The molecule has 0 atom stereocenters. The first-order valence-corrected chi connectivity index (χ1v) is 10.7. The summed E-state index contributed by atoms with van der Waals surface area (Å²) < 4.78 is 16.4. The number of hydrogen-bond donors (Lipinski definition) is 2. The van der Waals surface area contributed by atoms with Gasteiger partial charge < -0.3 is 24.3 Å². The fraction of sp³-hybridized carbons (Fsp3) is 0.158. The molecule has 3 rings (SSSR count). The Morgan fingerprint density at radius 1 is 1.23 bits per heavy atom. The Bertz CT molecular complexity index is 1090. The van der Waals surface area contributed by atoms with Crippen molar-refractivity contribution in [1.82, 2.24) is 10.2 Å². The smallest absolute Gasteiger partial charge is 0.373 e. The molecule has 1 aromatic heterocycles. The van der Waals surface area contributed by atoms with Crippen LogP contribution in [0.25, 0.3) is 6.08 Å². The van der Waals surface area contributed by atoms with E-state index in [2.05, 4.69) is 10.1 Å². The van der Waals surface area contributed by atoms with E-state index in [1.807, 2.05) is 45.2 Å². The van der Waals surface area contributed by atoms with Gasteiger partial charge >= 0.3 is 18.0 Å². The third-order valence-corrected chi connectivity index (χ3v) is 5.60. The van der Waals surface area contributed by atoms with Gasteiger partial charge in [0.2, 0.25) is 5.76 Å². The molecule has 0 bridgehead atoms. The SMILES string of the molecule is COC(=O)c1ccc(CN2C(=O)N/C(=C\c3cc(I)c(OCC(=O)O)c(I)c3)C2=O)o1. The fourth-order valence-corrected chi connectivity index (χ4v) is 4.77. The molecule has 2 heterocycles. The molecule has 1 aromatic carbocycles. The molecule has 1 saturated heterocycles. The van der Waals surface area contributed by atoms with Gasteiger partial charge in [-0.3, -0.25) is 9.69 Å². The van der Waals surface area contributed by atoms with E-state index in [0.717, 1.165) is 4.90 Å². The maximum Gasteiger partial charge on any atom is 0.373 e. The van der Waals surface area contributed by atoms with Crippen LogP contribution in [0.1, 0.15) is 21.9 Å². The van der Waals surface area contributed by atoms with Gasteiger partial charge in [-0.1, -0.05) is 0 Å². The van der Waals surface area contributed by atoms with E-state index in [1.54, 1.807) is 12.1 Å². The minimum absolute atomic E-state index is 0.0327. The van der Waals surface area contributed by atoms with E-state index in [4.69, 9.17) is 14.3 Å². The van der Waals surface area contributed by atoms with Crippen LogP contribution in [0.4, 0.5) is 4.79 Å². The average molecular weight is 652 g/mol. The molecule has 31 heavy (non-hydrogen) atoms. The lowest BCUT2D eigenvalue weighted by Crippen LogP contribution is -2.30. The molecule has 1 aliphatic rings. The summed E-state index contributed by atoms with van der Waals surface area (Å²) in [5.74, 6) is -1.68. The molecule has 162 valence electrons. The van der Waals surface area contributed by atoms with E-state index in [9.17, 15) is 19.2 Å². The second kappa shape index (κ2) is 9.67. The van der Waals surface area contributed by atoms with Crippen molar-refractivity contribution in [3.05, 3.63) is 54.2 Å². The van der Waals surface area contributed by atoms with Crippen molar-refractivity contribution in [3.8, 4) is 5.75 Å². The highest BCUT2D eigenvalue weighted by molar-refractivity contribution is 14.1. The molecule has 3 amide bonds. The third kappa shape index (κ3) is 5.36.